The Morgan fingerprint density at radius 2 is 1.74 bits per heavy atom. The first-order chi connectivity index (χ1) is 8.97. The molecule has 0 fully saturated rings. The lowest BCUT2D eigenvalue weighted by molar-refractivity contribution is 0.102. The highest BCUT2D eigenvalue weighted by Crippen LogP contribution is 2.20. The third-order valence-corrected chi connectivity index (χ3v) is 3.52. The Kier molecular flexibility index (Phi) is 4.14. The summed E-state index contributed by atoms with van der Waals surface area (Å²) in [5.41, 5.74) is 1.44. The second kappa shape index (κ2) is 5.64. The van der Waals surface area contributed by atoms with Crippen LogP contribution in [0.25, 0.3) is 0 Å². The predicted octanol–water partition coefficient (Wildman–Crippen LogP) is 4.13. The van der Waals surface area contributed by atoms with Gasteiger partial charge in [0.05, 0.1) is 5.69 Å². The zero-order valence-electron chi connectivity index (χ0n) is 10.0. The number of hydrogen-bond acceptors (Lipinski definition) is 1. The maximum atomic E-state index is 13.1. The summed E-state index contributed by atoms with van der Waals surface area (Å²) < 4.78 is 26.7. The normalized spacial score (nSPS) is 10.3. The fourth-order valence-electron chi connectivity index (χ4n) is 1.62. The van der Waals surface area contributed by atoms with Gasteiger partial charge in [-0.25, -0.2) is 8.78 Å². The minimum absolute atomic E-state index is 0.264. The number of anilines is 1. The van der Waals surface area contributed by atoms with Gasteiger partial charge in [-0.3, -0.25) is 4.79 Å². The van der Waals surface area contributed by atoms with Crippen LogP contribution in [0.2, 0.25) is 0 Å². The molecular weight excluding hydrogens is 363 g/mol. The van der Waals surface area contributed by atoms with Gasteiger partial charge in [0.15, 0.2) is 0 Å². The van der Waals surface area contributed by atoms with Gasteiger partial charge in [-0.1, -0.05) is 6.07 Å². The fourth-order valence-corrected chi connectivity index (χ4v) is 2.23. The molecule has 0 aliphatic rings. The Morgan fingerprint density at radius 1 is 1.11 bits per heavy atom. The van der Waals surface area contributed by atoms with Crippen LogP contribution in [0.3, 0.4) is 0 Å². The fraction of sp³-hybridized carbons (Fsp3) is 0.0714. The molecule has 0 aliphatic carbocycles. The summed E-state index contributed by atoms with van der Waals surface area (Å²) in [5.74, 6) is -1.25. The maximum Gasteiger partial charge on any atom is 0.256 e. The maximum absolute atomic E-state index is 13.1. The minimum atomic E-state index is -0.468. The van der Waals surface area contributed by atoms with Gasteiger partial charge in [0, 0.05) is 9.13 Å². The predicted molar refractivity (Wildman–Crippen MR) is 78.2 cm³/mol. The molecule has 98 valence electrons. The highest BCUT2D eigenvalue weighted by Gasteiger charge is 2.12. The van der Waals surface area contributed by atoms with Crippen molar-refractivity contribution in [2.24, 2.45) is 0 Å². The van der Waals surface area contributed by atoms with Crippen LogP contribution in [0.5, 0.6) is 0 Å². The van der Waals surface area contributed by atoms with E-state index in [1.807, 2.05) is 22.6 Å². The van der Waals surface area contributed by atoms with E-state index in [2.05, 4.69) is 5.32 Å². The van der Waals surface area contributed by atoms with Crippen molar-refractivity contribution in [1.82, 2.24) is 0 Å². The summed E-state index contributed by atoms with van der Waals surface area (Å²) in [6.45, 7) is 1.73. The summed E-state index contributed by atoms with van der Waals surface area (Å²) in [5, 5.41) is 2.64. The average molecular weight is 373 g/mol. The highest BCUT2D eigenvalue weighted by atomic mass is 127. The summed E-state index contributed by atoms with van der Waals surface area (Å²) in [6, 6.07) is 8.07. The Hall–Kier alpha value is -1.50. The zero-order chi connectivity index (χ0) is 14.0. The molecule has 1 N–H and O–H groups in total. The second-order valence-corrected chi connectivity index (χ2v) is 5.20. The van der Waals surface area contributed by atoms with E-state index in [1.165, 1.54) is 30.3 Å². The van der Waals surface area contributed by atoms with Crippen molar-refractivity contribution in [3.63, 3.8) is 0 Å². The molecule has 0 bridgehead atoms. The number of amides is 1. The Balaban J connectivity index is 2.28. The van der Waals surface area contributed by atoms with Gasteiger partial charge in [0.25, 0.3) is 5.91 Å². The first kappa shape index (κ1) is 13.9. The largest absolute Gasteiger partial charge is 0.321 e. The van der Waals surface area contributed by atoms with Crippen molar-refractivity contribution in [3.8, 4) is 0 Å². The van der Waals surface area contributed by atoms with Crippen molar-refractivity contribution < 1.29 is 13.6 Å². The van der Waals surface area contributed by atoms with Crippen molar-refractivity contribution in [2.75, 3.05) is 5.32 Å². The SMILES string of the molecule is Cc1ccc(F)cc1C(=O)Nc1ccc(F)cc1I. The van der Waals surface area contributed by atoms with E-state index in [-0.39, 0.29) is 11.4 Å². The van der Waals surface area contributed by atoms with Crippen LogP contribution < -0.4 is 5.32 Å². The van der Waals surface area contributed by atoms with Crippen molar-refractivity contribution in [2.45, 2.75) is 6.92 Å². The van der Waals surface area contributed by atoms with Gasteiger partial charge >= 0.3 is 0 Å². The van der Waals surface area contributed by atoms with Crippen LogP contribution in [0.15, 0.2) is 36.4 Å². The first-order valence-corrected chi connectivity index (χ1v) is 6.58. The highest BCUT2D eigenvalue weighted by molar-refractivity contribution is 14.1. The molecule has 0 radical (unpaired) electrons. The van der Waals surface area contributed by atoms with E-state index < -0.39 is 11.7 Å². The van der Waals surface area contributed by atoms with Gasteiger partial charge in [0.2, 0.25) is 0 Å². The monoisotopic (exact) mass is 373 g/mol. The second-order valence-electron chi connectivity index (χ2n) is 4.04. The van der Waals surface area contributed by atoms with Gasteiger partial charge < -0.3 is 5.32 Å². The molecule has 2 nitrogen and oxygen atoms in total. The van der Waals surface area contributed by atoms with Crippen molar-refractivity contribution in [1.29, 1.82) is 0 Å². The molecule has 0 spiro atoms. The number of carbonyl (C=O) groups is 1. The molecule has 0 saturated heterocycles. The molecule has 0 atom stereocenters. The molecule has 2 rings (SSSR count). The van der Waals surface area contributed by atoms with Crippen LogP contribution in [-0.4, -0.2) is 5.91 Å². The molecule has 0 aromatic heterocycles. The first-order valence-electron chi connectivity index (χ1n) is 5.50. The van der Waals surface area contributed by atoms with E-state index in [4.69, 9.17) is 0 Å². The van der Waals surface area contributed by atoms with Gasteiger partial charge in [-0.2, -0.15) is 0 Å². The summed E-state index contributed by atoms with van der Waals surface area (Å²) in [4.78, 5) is 12.0. The lowest BCUT2D eigenvalue weighted by Crippen LogP contribution is -2.14. The minimum Gasteiger partial charge on any atom is -0.321 e. The standard InChI is InChI=1S/C14H10F2INO/c1-8-2-3-9(15)6-11(8)14(19)18-13-5-4-10(16)7-12(13)17/h2-7H,1H3,(H,18,19). The number of halogens is 3. The van der Waals surface area contributed by atoms with Crippen LogP contribution in [0.4, 0.5) is 14.5 Å². The molecule has 0 heterocycles. The van der Waals surface area contributed by atoms with E-state index in [0.717, 1.165) is 0 Å². The summed E-state index contributed by atoms with van der Waals surface area (Å²) in [7, 11) is 0. The number of aryl methyl sites for hydroxylation is 1. The molecule has 2 aromatic carbocycles. The van der Waals surface area contributed by atoms with Crippen LogP contribution in [0, 0.1) is 22.1 Å². The van der Waals surface area contributed by atoms with Crippen molar-refractivity contribution in [3.05, 3.63) is 62.7 Å². The van der Waals surface area contributed by atoms with Gasteiger partial charge in [-0.05, 0) is 65.4 Å². The van der Waals surface area contributed by atoms with E-state index in [9.17, 15) is 13.6 Å². The topological polar surface area (TPSA) is 29.1 Å². The smallest absolute Gasteiger partial charge is 0.256 e. The quantitative estimate of drug-likeness (QED) is 0.789. The van der Waals surface area contributed by atoms with E-state index in [0.29, 0.717) is 14.8 Å². The molecule has 5 heteroatoms. The summed E-state index contributed by atoms with van der Waals surface area (Å²) >= 11 is 1.93. The van der Waals surface area contributed by atoms with E-state index in [1.54, 1.807) is 13.0 Å². The molecule has 19 heavy (non-hydrogen) atoms. The molecule has 2 aromatic rings. The molecular formula is C14H10F2INO. The number of rotatable bonds is 2. The number of hydrogen-bond donors (Lipinski definition) is 1. The average Bonchev–Trinajstić information content (AvgIpc) is 2.35. The summed E-state index contributed by atoms with van der Waals surface area (Å²) in [6.07, 6.45) is 0. The Labute approximate surface area is 123 Å². The van der Waals surface area contributed by atoms with Gasteiger partial charge in [-0.15, -0.1) is 0 Å². The molecule has 0 aliphatic heterocycles. The van der Waals surface area contributed by atoms with Crippen molar-refractivity contribution >= 4 is 34.2 Å². The number of benzene rings is 2. The third kappa shape index (κ3) is 3.28. The van der Waals surface area contributed by atoms with Crippen LogP contribution in [-0.2, 0) is 0 Å². The van der Waals surface area contributed by atoms with E-state index >= 15 is 0 Å². The molecule has 1 amide bonds. The van der Waals surface area contributed by atoms with Crippen LogP contribution in [0.1, 0.15) is 15.9 Å². The Bertz CT molecular complexity index is 643. The van der Waals surface area contributed by atoms with Gasteiger partial charge in [0.1, 0.15) is 11.6 Å². The Morgan fingerprint density at radius 3 is 2.42 bits per heavy atom. The zero-order valence-corrected chi connectivity index (χ0v) is 12.2. The lowest BCUT2D eigenvalue weighted by Gasteiger charge is -2.09. The number of carbonyl (C=O) groups excluding carboxylic acids is 1. The molecule has 0 unspecified atom stereocenters. The number of nitrogens with one attached hydrogen (secondary N) is 1. The third-order valence-electron chi connectivity index (χ3n) is 2.62. The molecule has 0 saturated carbocycles. The lowest BCUT2D eigenvalue weighted by atomic mass is 10.1. The van der Waals surface area contributed by atoms with Crippen LogP contribution >= 0.6 is 22.6 Å².